The molecule has 0 radical (unpaired) electrons. The number of carbonyl (C=O) groups is 1. The lowest BCUT2D eigenvalue weighted by molar-refractivity contribution is -0.727. The Balaban J connectivity index is 2.38. The van der Waals surface area contributed by atoms with Crippen molar-refractivity contribution in [2.24, 2.45) is 5.41 Å². The standard InChI is InChI=1S/C19H32N2O3/c1-14(22)21-15-7-9-17(10-8-15)24-12-16(23)11-20-19(5,6)13-18(2,3)4/h7-10,16,20,23H,11-13H2,1-6H3,(H,21,22)/p+1/t16-/m0/s1. The molecule has 1 amide bonds. The number of hydrogen-bond acceptors (Lipinski definition) is 3. The van der Waals surface area contributed by atoms with Crippen molar-refractivity contribution in [2.45, 2.75) is 59.6 Å². The third-order valence-corrected chi connectivity index (χ3v) is 3.55. The van der Waals surface area contributed by atoms with Gasteiger partial charge in [0, 0.05) is 19.0 Å². The summed E-state index contributed by atoms with van der Waals surface area (Å²) in [6, 6.07) is 7.12. The minimum atomic E-state index is -0.528. The molecule has 0 aliphatic heterocycles. The molecular weight excluding hydrogens is 304 g/mol. The molecule has 0 saturated heterocycles. The quantitative estimate of drug-likeness (QED) is 0.680. The van der Waals surface area contributed by atoms with Crippen LogP contribution in [-0.4, -0.2) is 35.8 Å². The van der Waals surface area contributed by atoms with Gasteiger partial charge in [0.2, 0.25) is 5.91 Å². The maximum absolute atomic E-state index is 11.0. The van der Waals surface area contributed by atoms with Gasteiger partial charge < -0.3 is 20.5 Å². The van der Waals surface area contributed by atoms with E-state index in [4.69, 9.17) is 4.74 Å². The van der Waals surface area contributed by atoms with Gasteiger partial charge in [-0.15, -0.1) is 0 Å². The molecule has 0 aromatic heterocycles. The number of aliphatic hydroxyl groups excluding tert-OH is 1. The van der Waals surface area contributed by atoms with E-state index >= 15 is 0 Å². The van der Waals surface area contributed by atoms with Crippen LogP contribution in [0.4, 0.5) is 5.69 Å². The molecule has 0 saturated carbocycles. The van der Waals surface area contributed by atoms with Crippen molar-refractivity contribution in [2.75, 3.05) is 18.5 Å². The molecule has 5 heteroatoms. The minimum Gasteiger partial charge on any atom is -0.491 e. The largest absolute Gasteiger partial charge is 0.491 e. The number of aliphatic hydroxyl groups is 1. The van der Waals surface area contributed by atoms with Gasteiger partial charge in [-0.05, 0) is 43.5 Å². The monoisotopic (exact) mass is 337 g/mol. The van der Waals surface area contributed by atoms with Gasteiger partial charge in [-0.2, -0.15) is 0 Å². The molecule has 0 spiro atoms. The van der Waals surface area contributed by atoms with Crippen molar-refractivity contribution in [3.63, 3.8) is 0 Å². The van der Waals surface area contributed by atoms with Crippen LogP contribution in [0, 0.1) is 5.41 Å². The minimum absolute atomic E-state index is 0.0826. The Kier molecular flexibility index (Phi) is 7.24. The second kappa shape index (κ2) is 8.49. The Morgan fingerprint density at radius 3 is 2.29 bits per heavy atom. The smallest absolute Gasteiger partial charge is 0.221 e. The Morgan fingerprint density at radius 2 is 1.79 bits per heavy atom. The van der Waals surface area contributed by atoms with Crippen LogP contribution in [0.25, 0.3) is 0 Å². The average Bonchev–Trinajstić information content (AvgIpc) is 2.41. The van der Waals surface area contributed by atoms with Gasteiger partial charge in [0.15, 0.2) is 0 Å². The number of hydrogen-bond donors (Lipinski definition) is 3. The third-order valence-electron chi connectivity index (χ3n) is 3.55. The first-order chi connectivity index (χ1) is 11.0. The van der Waals surface area contributed by atoms with Gasteiger partial charge in [0.25, 0.3) is 0 Å². The van der Waals surface area contributed by atoms with Crippen LogP contribution >= 0.6 is 0 Å². The average molecular weight is 337 g/mol. The molecule has 0 heterocycles. The Hall–Kier alpha value is -1.59. The predicted molar refractivity (Wildman–Crippen MR) is 97.2 cm³/mol. The summed E-state index contributed by atoms with van der Waals surface area (Å²) in [6.45, 7) is 13.4. The fourth-order valence-electron chi connectivity index (χ4n) is 2.99. The topological polar surface area (TPSA) is 75.2 Å². The van der Waals surface area contributed by atoms with Crippen LogP contribution in [-0.2, 0) is 4.79 Å². The number of quaternary nitrogens is 1. The first-order valence-corrected chi connectivity index (χ1v) is 8.50. The van der Waals surface area contributed by atoms with Crippen LogP contribution in [0.2, 0.25) is 0 Å². The highest BCUT2D eigenvalue weighted by Gasteiger charge is 2.29. The number of rotatable bonds is 8. The number of benzene rings is 1. The Labute approximate surface area is 145 Å². The fraction of sp³-hybridized carbons (Fsp3) is 0.632. The molecule has 0 unspecified atom stereocenters. The lowest BCUT2D eigenvalue weighted by atomic mass is 9.82. The van der Waals surface area contributed by atoms with Crippen LogP contribution < -0.4 is 15.4 Å². The van der Waals surface area contributed by atoms with Crippen LogP contribution in [0.1, 0.15) is 48.0 Å². The van der Waals surface area contributed by atoms with Gasteiger partial charge >= 0.3 is 0 Å². The van der Waals surface area contributed by atoms with E-state index in [0.29, 0.717) is 12.3 Å². The molecule has 0 bridgehead atoms. The summed E-state index contributed by atoms with van der Waals surface area (Å²) in [6.07, 6.45) is 0.539. The molecule has 0 aliphatic rings. The normalized spacial score (nSPS) is 13.5. The molecule has 5 nitrogen and oxygen atoms in total. The number of anilines is 1. The van der Waals surface area contributed by atoms with E-state index in [1.165, 1.54) is 6.92 Å². The first-order valence-electron chi connectivity index (χ1n) is 8.50. The van der Waals surface area contributed by atoms with Crippen LogP contribution in [0.3, 0.4) is 0 Å². The summed E-state index contributed by atoms with van der Waals surface area (Å²) >= 11 is 0. The van der Waals surface area contributed by atoms with Gasteiger partial charge in [0.1, 0.15) is 25.0 Å². The van der Waals surface area contributed by atoms with Crippen LogP contribution in [0.5, 0.6) is 5.75 Å². The first kappa shape index (κ1) is 20.5. The summed E-state index contributed by atoms with van der Waals surface area (Å²) in [5.41, 5.74) is 1.07. The summed E-state index contributed by atoms with van der Waals surface area (Å²) in [5.74, 6) is 0.574. The summed E-state index contributed by atoms with van der Waals surface area (Å²) in [7, 11) is 0. The number of amides is 1. The van der Waals surface area contributed by atoms with E-state index in [2.05, 4.69) is 45.3 Å². The van der Waals surface area contributed by atoms with E-state index in [1.54, 1.807) is 24.3 Å². The molecule has 1 aromatic carbocycles. The highest BCUT2D eigenvalue weighted by Crippen LogP contribution is 2.24. The zero-order chi connectivity index (χ0) is 18.4. The summed E-state index contributed by atoms with van der Waals surface area (Å²) < 4.78 is 5.61. The SMILES string of the molecule is CC(=O)Nc1ccc(OC[C@@H](O)C[NH2+]C(C)(C)CC(C)(C)C)cc1. The fourth-order valence-corrected chi connectivity index (χ4v) is 2.99. The van der Waals surface area contributed by atoms with Crippen molar-refractivity contribution in [1.29, 1.82) is 0 Å². The highest BCUT2D eigenvalue weighted by atomic mass is 16.5. The van der Waals surface area contributed by atoms with Gasteiger partial charge in [-0.25, -0.2) is 0 Å². The molecular formula is C19H33N2O3+. The molecule has 0 aliphatic carbocycles. The summed E-state index contributed by atoms with van der Waals surface area (Å²) in [5, 5.41) is 15.0. The van der Waals surface area contributed by atoms with Crippen molar-refractivity contribution in [3.8, 4) is 5.75 Å². The second-order valence-electron chi connectivity index (χ2n) is 8.34. The van der Waals surface area contributed by atoms with Gasteiger partial charge in [-0.1, -0.05) is 20.8 Å². The van der Waals surface area contributed by atoms with Crippen molar-refractivity contribution >= 4 is 11.6 Å². The number of nitrogens with two attached hydrogens (primary N) is 1. The zero-order valence-corrected chi connectivity index (χ0v) is 15.8. The summed E-state index contributed by atoms with van der Waals surface area (Å²) in [4.78, 5) is 11.0. The van der Waals surface area contributed by atoms with E-state index in [-0.39, 0.29) is 23.5 Å². The van der Waals surface area contributed by atoms with Crippen molar-refractivity contribution < 1.29 is 20.0 Å². The number of ether oxygens (including phenoxy) is 1. The Morgan fingerprint density at radius 1 is 1.21 bits per heavy atom. The predicted octanol–water partition coefficient (Wildman–Crippen LogP) is 2.16. The van der Waals surface area contributed by atoms with Crippen molar-refractivity contribution in [3.05, 3.63) is 24.3 Å². The maximum atomic E-state index is 11.0. The molecule has 1 atom stereocenters. The Bertz CT molecular complexity index is 518. The molecule has 136 valence electrons. The third kappa shape index (κ3) is 8.89. The van der Waals surface area contributed by atoms with Crippen molar-refractivity contribution in [1.82, 2.24) is 0 Å². The van der Waals surface area contributed by atoms with E-state index in [9.17, 15) is 9.90 Å². The lowest BCUT2D eigenvalue weighted by Crippen LogP contribution is -2.97. The molecule has 0 fully saturated rings. The molecule has 1 rings (SSSR count). The zero-order valence-electron chi connectivity index (χ0n) is 15.8. The number of carbonyl (C=O) groups excluding carboxylic acids is 1. The van der Waals surface area contributed by atoms with E-state index < -0.39 is 6.10 Å². The molecule has 24 heavy (non-hydrogen) atoms. The highest BCUT2D eigenvalue weighted by molar-refractivity contribution is 5.88. The molecule has 1 aromatic rings. The van der Waals surface area contributed by atoms with Gasteiger partial charge in [-0.3, -0.25) is 4.79 Å². The lowest BCUT2D eigenvalue weighted by Gasteiger charge is -2.31. The number of nitrogens with one attached hydrogen (secondary N) is 1. The maximum Gasteiger partial charge on any atom is 0.221 e. The van der Waals surface area contributed by atoms with Gasteiger partial charge in [0.05, 0.1) is 5.54 Å². The van der Waals surface area contributed by atoms with Crippen LogP contribution in [0.15, 0.2) is 24.3 Å². The van der Waals surface area contributed by atoms with E-state index in [0.717, 1.165) is 12.1 Å². The van der Waals surface area contributed by atoms with E-state index in [1.807, 2.05) is 0 Å². The second-order valence-corrected chi connectivity index (χ2v) is 8.34. The molecule has 4 N–H and O–H groups in total.